The highest BCUT2D eigenvalue weighted by Gasteiger charge is 2.28. The minimum Gasteiger partial charge on any atom is -0.340 e. The average molecular weight is 328 g/mol. The van der Waals surface area contributed by atoms with E-state index in [-0.39, 0.29) is 17.2 Å². The third-order valence-corrected chi connectivity index (χ3v) is 4.26. The zero-order valence-electron chi connectivity index (χ0n) is 14.4. The molecule has 3 rings (SSSR count). The smallest absolute Gasteiger partial charge is 0.230 e. The van der Waals surface area contributed by atoms with Gasteiger partial charge in [0.05, 0.1) is 5.92 Å². The van der Waals surface area contributed by atoms with E-state index in [0.717, 1.165) is 25.1 Å². The van der Waals surface area contributed by atoms with Crippen molar-refractivity contribution in [2.75, 3.05) is 23.3 Å². The molecule has 0 spiro atoms. The van der Waals surface area contributed by atoms with Crippen molar-refractivity contribution in [1.82, 2.24) is 20.2 Å². The summed E-state index contributed by atoms with van der Waals surface area (Å²) in [6, 6.07) is 3.70. The van der Waals surface area contributed by atoms with Crippen molar-refractivity contribution in [1.29, 1.82) is 0 Å². The summed E-state index contributed by atoms with van der Waals surface area (Å²) in [5.74, 6) is 1.18. The number of H-pyrrole nitrogens is 1. The van der Waals surface area contributed by atoms with Gasteiger partial charge in [-0.1, -0.05) is 20.8 Å². The highest BCUT2D eigenvalue weighted by atomic mass is 16.2. The Kier molecular flexibility index (Phi) is 4.51. The molecule has 24 heavy (non-hydrogen) atoms. The van der Waals surface area contributed by atoms with E-state index in [1.165, 1.54) is 0 Å². The van der Waals surface area contributed by atoms with Crippen LogP contribution in [-0.4, -0.2) is 39.2 Å². The minimum absolute atomic E-state index is 0.00240. The SMILES string of the molecule is CC(C)(C)c1cc(NC(=O)[C@@H]2CCCN(c3ncccn3)C2)n[nH]1. The molecule has 1 saturated heterocycles. The van der Waals surface area contributed by atoms with Crippen LogP contribution in [-0.2, 0) is 10.2 Å². The maximum Gasteiger partial charge on any atom is 0.230 e. The van der Waals surface area contributed by atoms with E-state index in [0.29, 0.717) is 18.3 Å². The Morgan fingerprint density at radius 1 is 1.33 bits per heavy atom. The summed E-state index contributed by atoms with van der Waals surface area (Å²) in [7, 11) is 0. The normalized spacial score (nSPS) is 18.5. The first kappa shape index (κ1) is 16.4. The molecule has 1 fully saturated rings. The number of anilines is 2. The van der Waals surface area contributed by atoms with Crippen molar-refractivity contribution >= 4 is 17.7 Å². The van der Waals surface area contributed by atoms with E-state index >= 15 is 0 Å². The Morgan fingerprint density at radius 3 is 2.75 bits per heavy atom. The van der Waals surface area contributed by atoms with Gasteiger partial charge in [-0.05, 0) is 18.9 Å². The maximum atomic E-state index is 12.6. The van der Waals surface area contributed by atoms with Crippen LogP contribution in [0.3, 0.4) is 0 Å². The summed E-state index contributed by atoms with van der Waals surface area (Å²) in [6.07, 6.45) is 5.27. The molecule has 128 valence electrons. The van der Waals surface area contributed by atoms with Crippen LogP contribution in [0.4, 0.5) is 11.8 Å². The molecule has 2 aromatic rings. The lowest BCUT2D eigenvalue weighted by Crippen LogP contribution is -2.41. The van der Waals surface area contributed by atoms with E-state index in [1.807, 2.05) is 6.07 Å². The van der Waals surface area contributed by atoms with Gasteiger partial charge >= 0.3 is 0 Å². The molecular weight excluding hydrogens is 304 g/mol. The molecule has 0 aliphatic carbocycles. The molecule has 1 aliphatic heterocycles. The average Bonchev–Trinajstić information content (AvgIpc) is 3.05. The molecule has 2 N–H and O–H groups in total. The third kappa shape index (κ3) is 3.72. The molecule has 2 aromatic heterocycles. The van der Waals surface area contributed by atoms with Gasteiger partial charge in [0.15, 0.2) is 5.82 Å². The number of hydrogen-bond acceptors (Lipinski definition) is 5. The number of hydrogen-bond donors (Lipinski definition) is 2. The van der Waals surface area contributed by atoms with Crippen molar-refractivity contribution < 1.29 is 4.79 Å². The first-order valence-electron chi connectivity index (χ1n) is 8.32. The minimum atomic E-state index is -0.0858. The molecule has 7 nitrogen and oxygen atoms in total. The van der Waals surface area contributed by atoms with E-state index < -0.39 is 0 Å². The van der Waals surface area contributed by atoms with Gasteiger partial charge in [0, 0.05) is 42.7 Å². The number of rotatable bonds is 3. The van der Waals surface area contributed by atoms with Crippen molar-refractivity contribution in [3.8, 4) is 0 Å². The third-order valence-electron chi connectivity index (χ3n) is 4.26. The van der Waals surface area contributed by atoms with Crippen LogP contribution in [0.1, 0.15) is 39.3 Å². The molecule has 7 heteroatoms. The zero-order valence-corrected chi connectivity index (χ0v) is 14.4. The van der Waals surface area contributed by atoms with E-state index in [2.05, 4.69) is 51.2 Å². The first-order valence-corrected chi connectivity index (χ1v) is 8.32. The zero-order chi connectivity index (χ0) is 17.2. The molecular formula is C17H24N6O. The Balaban J connectivity index is 1.63. The Morgan fingerprint density at radius 2 is 2.08 bits per heavy atom. The van der Waals surface area contributed by atoms with Crippen molar-refractivity contribution in [2.24, 2.45) is 5.92 Å². The number of aromatic nitrogens is 4. The molecule has 0 saturated carbocycles. The Labute approximate surface area is 141 Å². The van der Waals surface area contributed by atoms with Crippen LogP contribution < -0.4 is 10.2 Å². The summed E-state index contributed by atoms with van der Waals surface area (Å²) in [4.78, 5) is 23.2. The lowest BCUT2D eigenvalue weighted by Gasteiger charge is -2.31. The van der Waals surface area contributed by atoms with Crippen molar-refractivity contribution in [3.63, 3.8) is 0 Å². The molecule has 1 atom stereocenters. The number of carbonyl (C=O) groups is 1. The van der Waals surface area contributed by atoms with Crippen LogP contribution in [0.2, 0.25) is 0 Å². The van der Waals surface area contributed by atoms with Gasteiger partial charge in [-0.25, -0.2) is 9.97 Å². The quantitative estimate of drug-likeness (QED) is 0.903. The number of piperidine rings is 1. The van der Waals surface area contributed by atoms with Crippen LogP contribution >= 0.6 is 0 Å². The van der Waals surface area contributed by atoms with Gasteiger partial charge in [-0.3, -0.25) is 9.89 Å². The fraction of sp³-hybridized carbons (Fsp3) is 0.529. The van der Waals surface area contributed by atoms with Crippen molar-refractivity contribution in [2.45, 2.75) is 39.0 Å². The summed E-state index contributed by atoms with van der Waals surface area (Å²) in [5, 5.41) is 10.1. The lowest BCUT2D eigenvalue weighted by molar-refractivity contribution is -0.120. The van der Waals surface area contributed by atoms with Crippen LogP contribution in [0, 0.1) is 5.92 Å². The molecule has 1 amide bonds. The molecule has 0 aromatic carbocycles. The van der Waals surface area contributed by atoms with Gasteiger partial charge in [0.1, 0.15) is 0 Å². The fourth-order valence-corrected chi connectivity index (χ4v) is 2.83. The summed E-state index contributed by atoms with van der Waals surface area (Å²) >= 11 is 0. The van der Waals surface area contributed by atoms with E-state index in [1.54, 1.807) is 18.5 Å². The number of amides is 1. The standard InChI is InChI=1S/C17H24N6O/c1-17(2,3)13-10-14(22-21-13)20-15(24)12-6-4-9-23(11-12)16-18-7-5-8-19-16/h5,7-8,10,12H,4,6,9,11H2,1-3H3,(H2,20,21,22,24)/t12-/m1/s1. The summed E-state index contributed by atoms with van der Waals surface area (Å²) in [5.41, 5.74) is 0.975. The predicted octanol–water partition coefficient (Wildman–Crippen LogP) is 2.35. The second-order valence-electron chi connectivity index (χ2n) is 7.24. The number of nitrogens with one attached hydrogen (secondary N) is 2. The second-order valence-corrected chi connectivity index (χ2v) is 7.24. The molecule has 3 heterocycles. The Bertz CT molecular complexity index is 691. The molecule has 0 bridgehead atoms. The van der Waals surface area contributed by atoms with Gasteiger partial charge in [0.25, 0.3) is 0 Å². The first-order chi connectivity index (χ1) is 11.4. The second kappa shape index (κ2) is 6.59. The van der Waals surface area contributed by atoms with Gasteiger partial charge in [0.2, 0.25) is 11.9 Å². The topological polar surface area (TPSA) is 86.8 Å². The van der Waals surface area contributed by atoms with Crippen molar-refractivity contribution in [3.05, 3.63) is 30.2 Å². The van der Waals surface area contributed by atoms with E-state index in [4.69, 9.17) is 0 Å². The number of carbonyl (C=O) groups excluding carboxylic acids is 1. The molecule has 0 radical (unpaired) electrons. The maximum absolute atomic E-state index is 12.6. The monoisotopic (exact) mass is 328 g/mol. The number of aromatic amines is 1. The lowest BCUT2D eigenvalue weighted by atomic mass is 9.92. The van der Waals surface area contributed by atoms with Gasteiger partial charge in [-0.2, -0.15) is 5.10 Å². The molecule has 1 aliphatic rings. The van der Waals surface area contributed by atoms with Crippen LogP contribution in [0.15, 0.2) is 24.5 Å². The summed E-state index contributed by atoms with van der Waals surface area (Å²) < 4.78 is 0. The predicted molar refractivity (Wildman–Crippen MR) is 92.9 cm³/mol. The van der Waals surface area contributed by atoms with Gasteiger partial charge in [-0.15, -0.1) is 0 Å². The van der Waals surface area contributed by atoms with Crippen LogP contribution in [0.5, 0.6) is 0 Å². The largest absolute Gasteiger partial charge is 0.340 e. The highest BCUT2D eigenvalue weighted by molar-refractivity contribution is 5.92. The van der Waals surface area contributed by atoms with Gasteiger partial charge < -0.3 is 10.2 Å². The fourth-order valence-electron chi connectivity index (χ4n) is 2.83. The van der Waals surface area contributed by atoms with Crippen LogP contribution in [0.25, 0.3) is 0 Å². The summed E-state index contributed by atoms with van der Waals surface area (Å²) in [6.45, 7) is 7.82. The van der Waals surface area contributed by atoms with E-state index in [9.17, 15) is 4.79 Å². The number of nitrogens with zero attached hydrogens (tertiary/aromatic N) is 4. The Hall–Kier alpha value is -2.44. The highest BCUT2D eigenvalue weighted by Crippen LogP contribution is 2.24. The molecule has 0 unspecified atom stereocenters.